The molecule has 0 radical (unpaired) electrons. The number of hydrogen-bond donors (Lipinski definition) is 1. The van der Waals surface area contributed by atoms with Gasteiger partial charge in [-0.05, 0) is 48.4 Å². The number of esters is 1. The zero-order chi connectivity index (χ0) is 21.8. The highest BCUT2D eigenvalue weighted by Gasteiger charge is 2.33. The summed E-state index contributed by atoms with van der Waals surface area (Å²) in [7, 11) is 1.45. The van der Waals surface area contributed by atoms with E-state index in [0.717, 1.165) is 31.6 Å². The zero-order valence-electron chi connectivity index (χ0n) is 18.8. The first-order valence-corrected chi connectivity index (χ1v) is 12.1. The van der Waals surface area contributed by atoms with Gasteiger partial charge in [0.15, 0.2) is 0 Å². The maximum atomic E-state index is 12.3. The molecule has 1 aliphatic carbocycles. The molecule has 1 aromatic heterocycles. The van der Waals surface area contributed by atoms with Gasteiger partial charge in [0.1, 0.15) is 0 Å². The summed E-state index contributed by atoms with van der Waals surface area (Å²) >= 11 is 0. The average Bonchev–Trinajstić information content (AvgIpc) is 3.07. The second-order valence-electron chi connectivity index (χ2n) is 9.60. The Morgan fingerprint density at radius 3 is 2.69 bits per heavy atom. The predicted octanol–water partition coefficient (Wildman–Crippen LogP) is 5.37. The van der Waals surface area contributed by atoms with Crippen LogP contribution in [0.2, 0.25) is 0 Å². The van der Waals surface area contributed by atoms with Crippen molar-refractivity contribution in [2.24, 2.45) is 5.73 Å². The van der Waals surface area contributed by atoms with Crippen LogP contribution in [0.4, 0.5) is 5.69 Å². The quantitative estimate of drug-likeness (QED) is 0.557. The molecule has 3 heterocycles. The highest BCUT2D eigenvalue weighted by Crippen LogP contribution is 2.49. The number of para-hydroxylation sites is 1. The van der Waals surface area contributed by atoms with Gasteiger partial charge in [-0.15, -0.1) is 0 Å². The van der Waals surface area contributed by atoms with Crippen molar-refractivity contribution in [3.63, 3.8) is 0 Å². The van der Waals surface area contributed by atoms with Crippen molar-refractivity contribution < 1.29 is 9.53 Å². The fraction of sp³-hybridized carbons (Fsp3) is 0.444. The van der Waals surface area contributed by atoms with Crippen LogP contribution < -0.4 is 10.6 Å². The van der Waals surface area contributed by atoms with Crippen LogP contribution in [0, 0.1) is 0 Å². The molecule has 1 atom stereocenters. The summed E-state index contributed by atoms with van der Waals surface area (Å²) in [6, 6.07) is 12.9. The van der Waals surface area contributed by atoms with E-state index in [1.54, 1.807) is 0 Å². The summed E-state index contributed by atoms with van der Waals surface area (Å²) < 4.78 is 7.51. The third kappa shape index (κ3) is 2.91. The number of fused-ring (bicyclic) bond motifs is 4. The van der Waals surface area contributed by atoms with Crippen LogP contribution >= 0.6 is 0 Å². The molecular formula is C27H31N3O2. The van der Waals surface area contributed by atoms with Crippen LogP contribution in [0.15, 0.2) is 36.4 Å². The Morgan fingerprint density at radius 1 is 1.03 bits per heavy atom. The molecule has 5 heteroatoms. The smallest absolute Gasteiger partial charge is 0.337 e. The maximum absolute atomic E-state index is 12.3. The van der Waals surface area contributed by atoms with E-state index in [4.69, 9.17) is 10.5 Å². The Bertz CT molecular complexity index is 1210. The van der Waals surface area contributed by atoms with Crippen molar-refractivity contribution in [1.29, 1.82) is 0 Å². The monoisotopic (exact) mass is 429 g/mol. The average molecular weight is 430 g/mol. The molecule has 0 spiro atoms. The van der Waals surface area contributed by atoms with Crippen LogP contribution in [0.25, 0.3) is 22.2 Å². The van der Waals surface area contributed by atoms with Crippen molar-refractivity contribution in [2.75, 3.05) is 25.1 Å². The van der Waals surface area contributed by atoms with Crippen molar-refractivity contribution in [3.8, 4) is 11.3 Å². The summed E-state index contributed by atoms with van der Waals surface area (Å²) in [5.41, 5.74) is 15.1. The number of carbonyl (C=O) groups excluding carboxylic acids is 1. The number of ether oxygens (including phenoxy) is 1. The van der Waals surface area contributed by atoms with E-state index in [0.29, 0.717) is 11.5 Å². The fourth-order valence-electron chi connectivity index (χ4n) is 6.36. The highest BCUT2D eigenvalue weighted by atomic mass is 16.5. The normalized spacial score (nSPS) is 20.6. The van der Waals surface area contributed by atoms with Crippen molar-refractivity contribution in [1.82, 2.24) is 4.57 Å². The molecule has 3 aromatic rings. The maximum Gasteiger partial charge on any atom is 0.337 e. The Morgan fingerprint density at radius 2 is 1.88 bits per heavy atom. The molecule has 1 saturated carbocycles. The molecule has 166 valence electrons. The largest absolute Gasteiger partial charge is 0.465 e. The van der Waals surface area contributed by atoms with E-state index in [1.165, 1.54) is 72.7 Å². The van der Waals surface area contributed by atoms with Gasteiger partial charge in [0, 0.05) is 42.1 Å². The van der Waals surface area contributed by atoms with Gasteiger partial charge in [0.2, 0.25) is 0 Å². The number of nitrogens with two attached hydrogens (primary N) is 1. The van der Waals surface area contributed by atoms with Gasteiger partial charge in [-0.25, -0.2) is 4.79 Å². The molecule has 0 saturated heterocycles. The van der Waals surface area contributed by atoms with E-state index in [9.17, 15) is 4.79 Å². The molecular weight excluding hydrogens is 398 g/mol. The Kier molecular flexibility index (Phi) is 4.76. The van der Waals surface area contributed by atoms with Crippen molar-refractivity contribution in [2.45, 2.75) is 57.0 Å². The lowest BCUT2D eigenvalue weighted by Crippen LogP contribution is -2.35. The number of nitrogens with zero attached hydrogens (tertiary/aromatic N) is 2. The van der Waals surface area contributed by atoms with Crippen molar-refractivity contribution >= 4 is 22.6 Å². The predicted molar refractivity (Wildman–Crippen MR) is 128 cm³/mol. The van der Waals surface area contributed by atoms with E-state index in [2.05, 4.69) is 33.7 Å². The highest BCUT2D eigenvalue weighted by molar-refractivity contribution is 6.00. The summed E-state index contributed by atoms with van der Waals surface area (Å²) in [5.74, 6) is 0.287. The van der Waals surface area contributed by atoms with Crippen LogP contribution in [-0.4, -0.2) is 30.7 Å². The molecule has 6 rings (SSSR count). The first-order valence-electron chi connectivity index (χ1n) is 12.1. The van der Waals surface area contributed by atoms with Gasteiger partial charge < -0.3 is 19.9 Å². The van der Waals surface area contributed by atoms with E-state index >= 15 is 0 Å². The standard InChI is InChI=1S/C27H31N3O2/c1-32-27(31)18-10-11-20-23(16-18)30-15-14-29-13-12-22(28)19-8-5-9-21(25(19)29)26(30)24(20)17-6-3-2-4-7-17/h5,8-11,16-17,22H,2-4,6-7,12-15,28H2,1H3. The molecule has 2 aromatic carbocycles. The molecule has 2 N–H and O–H groups in total. The van der Waals surface area contributed by atoms with Crippen LogP contribution in [0.1, 0.15) is 72.0 Å². The lowest BCUT2D eigenvalue weighted by atomic mass is 9.81. The second kappa shape index (κ2) is 7.66. The molecule has 2 aliphatic heterocycles. The Labute approximate surface area is 189 Å². The van der Waals surface area contributed by atoms with Gasteiger partial charge in [-0.2, -0.15) is 0 Å². The molecule has 0 bridgehead atoms. The fourth-order valence-corrected chi connectivity index (χ4v) is 6.36. The first-order chi connectivity index (χ1) is 15.7. The lowest BCUT2D eigenvalue weighted by molar-refractivity contribution is 0.0601. The van der Waals surface area contributed by atoms with Gasteiger partial charge in [-0.1, -0.05) is 43.5 Å². The van der Waals surface area contributed by atoms with E-state index in [1.807, 2.05) is 12.1 Å². The topological polar surface area (TPSA) is 60.5 Å². The minimum Gasteiger partial charge on any atom is -0.465 e. The molecule has 32 heavy (non-hydrogen) atoms. The van der Waals surface area contributed by atoms with Gasteiger partial charge in [0.05, 0.1) is 24.1 Å². The number of aromatic nitrogens is 1. The number of hydrogen-bond acceptors (Lipinski definition) is 4. The minimum atomic E-state index is -0.275. The number of rotatable bonds is 2. The van der Waals surface area contributed by atoms with Crippen LogP contribution in [-0.2, 0) is 11.3 Å². The second-order valence-corrected chi connectivity index (χ2v) is 9.60. The zero-order valence-corrected chi connectivity index (χ0v) is 18.8. The minimum absolute atomic E-state index is 0.0983. The molecule has 0 amide bonds. The lowest BCUT2D eigenvalue weighted by Gasteiger charge is -2.35. The first kappa shape index (κ1) is 19.9. The number of benzene rings is 2. The number of carbonyl (C=O) groups is 1. The third-order valence-electron chi connectivity index (χ3n) is 7.88. The van der Waals surface area contributed by atoms with Gasteiger partial charge in [0.25, 0.3) is 0 Å². The van der Waals surface area contributed by atoms with E-state index in [-0.39, 0.29) is 12.0 Å². The van der Waals surface area contributed by atoms with Crippen LogP contribution in [0.3, 0.4) is 0 Å². The Balaban J connectivity index is 1.66. The third-order valence-corrected chi connectivity index (χ3v) is 7.88. The number of methoxy groups -OCH3 is 1. The van der Waals surface area contributed by atoms with Crippen LogP contribution in [0.5, 0.6) is 0 Å². The summed E-state index contributed by atoms with van der Waals surface area (Å²) in [6.07, 6.45) is 7.39. The van der Waals surface area contributed by atoms with E-state index < -0.39 is 0 Å². The molecule has 1 unspecified atom stereocenters. The molecule has 5 nitrogen and oxygen atoms in total. The van der Waals surface area contributed by atoms with Gasteiger partial charge in [-0.3, -0.25) is 0 Å². The Hall–Kier alpha value is -2.79. The van der Waals surface area contributed by atoms with Gasteiger partial charge >= 0.3 is 5.97 Å². The summed E-state index contributed by atoms with van der Waals surface area (Å²) in [4.78, 5) is 14.9. The number of anilines is 1. The summed E-state index contributed by atoms with van der Waals surface area (Å²) in [6.45, 7) is 2.87. The molecule has 3 aliphatic rings. The van der Waals surface area contributed by atoms with Crippen molar-refractivity contribution in [3.05, 3.63) is 53.1 Å². The SMILES string of the molecule is COC(=O)c1ccc2c(C3CCCCC3)c3n(c2c1)CCN1CCC(N)c2cccc-3c21. The summed E-state index contributed by atoms with van der Waals surface area (Å²) in [5, 5.41) is 1.30. The molecule has 1 fully saturated rings.